The van der Waals surface area contributed by atoms with Crippen molar-refractivity contribution in [3.05, 3.63) is 64.9 Å². The zero-order valence-corrected chi connectivity index (χ0v) is 26.0. The number of rotatable bonds is 9. The summed E-state index contributed by atoms with van der Waals surface area (Å²) in [4.78, 5) is 19.1. The van der Waals surface area contributed by atoms with Crippen LogP contribution in [0.1, 0.15) is 61.1 Å². The van der Waals surface area contributed by atoms with Gasteiger partial charge in [0.15, 0.2) is 0 Å². The minimum atomic E-state index is -2.87. The molecule has 0 spiro atoms. The Morgan fingerprint density at radius 3 is 2.44 bits per heavy atom. The lowest BCUT2D eigenvalue weighted by Crippen LogP contribution is -2.50. The normalized spacial score (nSPS) is 20.8. The van der Waals surface area contributed by atoms with Crippen LogP contribution in [0.5, 0.6) is 0 Å². The molecule has 45 heavy (non-hydrogen) atoms. The molecule has 3 heterocycles. The van der Waals surface area contributed by atoms with Gasteiger partial charge in [-0.15, -0.1) is 0 Å². The number of nitrogens with zero attached hydrogens (tertiary/aromatic N) is 5. The Kier molecular flexibility index (Phi) is 9.29. The molecule has 2 aromatic carbocycles. The first kappa shape index (κ1) is 31.7. The Morgan fingerprint density at radius 2 is 1.78 bits per heavy atom. The summed E-state index contributed by atoms with van der Waals surface area (Å²) in [5, 5.41) is 4.80. The number of esters is 1. The van der Waals surface area contributed by atoms with Crippen molar-refractivity contribution in [3.63, 3.8) is 0 Å². The number of anilines is 2. The Hall–Kier alpha value is -3.31. The van der Waals surface area contributed by atoms with Crippen molar-refractivity contribution in [2.75, 3.05) is 62.2 Å². The van der Waals surface area contributed by atoms with Gasteiger partial charge in [0.2, 0.25) is 5.92 Å². The lowest BCUT2D eigenvalue weighted by atomic mass is 9.81. The fraction of sp³-hybridized carbons (Fsp3) is 0.515. The van der Waals surface area contributed by atoms with E-state index in [1.54, 1.807) is 6.92 Å². The predicted molar refractivity (Wildman–Crippen MR) is 167 cm³/mol. The van der Waals surface area contributed by atoms with Gasteiger partial charge in [-0.05, 0) is 55.5 Å². The van der Waals surface area contributed by atoms with Gasteiger partial charge in [-0.25, -0.2) is 22.4 Å². The van der Waals surface area contributed by atoms with Crippen LogP contribution in [0, 0.1) is 5.92 Å². The number of piperidine rings is 1. The molecule has 0 amide bonds. The Balaban J connectivity index is 1.16. The molecule has 1 saturated carbocycles. The number of alkyl halides is 4. The third-order valence-corrected chi connectivity index (χ3v) is 9.42. The second-order valence-electron chi connectivity index (χ2n) is 12.3. The summed E-state index contributed by atoms with van der Waals surface area (Å²) in [6.07, 6.45) is -0.278. The summed E-state index contributed by atoms with van der Waals surface area (Å²) in [5.74, 6) is -3.17. The lowest BCUT2D eigenvalue weighted by Gasteiger charge is -2.41. The van der Waals surface area contributed by atoms with Gasteiger partial charge in [-0.3, -0.25) is 9.58 Å². The third kappa shape index (κ3) is 6.94. The van der Waals surface area contributed by atoms with Gasteiger partial charge >= 0.3 is 5.97 Å². The summed E-state index contributed by atoms with van der Waals surface area (Å²) in [6, 6.07) is 13.7. The van der Waals surface area contributed by atoms with Crippen LogP contribution in [0.4, 0.5) is 28.9 Å². The Morgan fingerprint density at radius 1 is 1.04 bits per heavy atom. The van der Waals surface area contributed by atoms with E-state index in [9.17, 15) is 22.4 Å². The minimum absolute atomic E-state index is 0.00977. The molecule has 2 aliphatic heterocycles. The monoisotopic (exact) mass is 647 g/mol. The van der Waals surface area contributed by atoms with Gasteiger partial charge in [0, 0.05) is 80.6 Å². The second kappa shape index (κ2) is 13.2. The Bertz CT molecular complexity index is 1480. The molecule has 242 valence electrons. The maximum Gasteiger partial charge on any atom is 0.341 e. The van der Waals surface area contributed by atoms with Crippen LogP contribution in [0.3, 0.4) is 0 Å². The number of halogens is 5. The van der Waals surface area contributed by atoms with E-state index in [1.165, 1.54) is 10.9 Å². The maximum atomic E-state index is 14.2. The summed E-state index contributed by atoms with van der Waals surface area (Å²) >= 11 is 6.47. The number of carbonyl (C=O) groups excluding carboxylic acids is 1. The van der Waals surface area contributed by atoms with E-state index in [0.717, 1.165) is 68.2 Å². The van der Waals surface area contributed by atoms with Gasteiger partial charge in [0.1, 0.15) is 11.3 Å². The maximum absolute atomic E-state index is 14.2. The largest absolute Gasteiger partial charge is 0.462 e. The minimum Gasteiger partial charge on any atom is -0.462 e. The number of hydrogen-bond donors (Lipinski definition) is 0. The van der Waals surface area contributed by atoms with Crippen LogP contribution in [0.15, 0.2) is 48.7 Å². The zero-order chi connectivity index (χ0) is 31.7. The molecule has 3 aromatic rings. The van der Waals surface area contributed by atoms with Crippen LogP contribution in [0.2, 0.25) is 5.02 Å². The molecule has 1 aliphatic carbocycles. The van der Waals surface area contributed by atoms with E-state index in [2.05, 4.69) is 44.1 Å². The summed E-state index contributed by atoms with van der Waals surface area (Å²) in [5.41, 5.74) is 3.40. The van der Waals surface area contributed by atoms with Crippen molar-refractivity contribution < 1.29 is 27.1 Å². The summed E-state index contributed by atoms with van der Waals surface area (Å²) in [7, 11) is 0. The highest BCUT2D eigenvalue weighted by atomic mass is 35.5. The number of hydrogen-bond acceptors (Lipinski definition) is 6. The second-order valence-corrected chi connectivity index (χ2v) is 12.7. The molecular formula is C33H38ClF4N5O2. The number of aromatic nitrogens is 2. The van der Waals surface area contributed by atoms with E-state index >= 15 is 0 Å². The number of ether oxygens (including phenoxy) is 1. The molecule has 6 rings (SSSR count). The first-order chi connectivity index (χ1) is 21.6. The molecule has 0 radical (unpaired) electrons. The Labute approximate surface area is 265 Å². The molecule has 3 aliphatic rings. The quantitative estimate of drug-likeness (QED) is 0.179. The van der Waals surface area contributed by atoms with Crippen molar-refractivity contribution in [2.45, 2.75) is 51.0 Å². The highest BCUT2D eigenvalue weighted by Gasteiger charge is 2.45. The fourth-order valence-electron chi connectivity index (χ4n) is 6.95. The average Bonchev–Trinajstić information content (AvgIpc) is 3.47. The van der Waals surface area contributed by atoms with Gasteiger partial charge in [0.25, 0.3) is 6.43 Å². The number of piperazine rings is 1. The number of benzene rings is 2. The van der Waals surface area contributed by atoms with E-state index in [0.29, 0.717) is 18.0 Å². The van der Waals surface area contributed by atoms with Crippen molar-refractivity contribution in [3.8, 4) is 11.1 Å². The van der Waals surface area contributed by atoms with Crippen LogP contribution in [-0.2, 0) is 4.74 Å². The van der Waals surface area contributed by atoms with Crippen molar-refractivity contribution in [1.29, 1.82) is 0 Å². The first-order valence-corrected chi connectivity index (χ1v) is 16.0. The van der Waals surface area contributed by atoms with Crippen LogP contribution in [-0.4, -0.2) is 79.0 Å². The summed E-state index contributed by atoms with van der Waals surface area (Å²) < 4.78 is 61.1. The SMILES string of the molecule is CCOC(=O)c1cnn(C2CCCN(c3cc(Cl)ccc3-c3ccc(N4CCN(CC5CC(F)(F)C5)CC4)cc3)C2)c1C(F)F. The summed E-state index contributed by atoms with van der Waals surface area (Å²) in [6.45, 7) is 7.01. The lowest BCUT2D eigenvalue weighted by molar-refractivity contribution is -0.116. The van der Waals surface area contributed by atoms with E-state index in [4.69, 9.17) is 16.3 Å². The topological polar surface area (TPSA) is 53.8 Å². The highest BCUT2D eigenvalue weighted by Crippen LogP contribution is 2.43. The molecule has 1 unspecified atom stereocenters. The van der Waals surface area contributed by atoms with Crippen LogP contribution >= 0.6 is 11.6 Å². The number of carbonyl (C=O) groups is 1. The molecule has 12 heteroatoms. The van der Waals surface area contributed by atoms with Crippen molar-refractivity contribution in [2.24, 2.45) is 5.92 Å². The molecule has 3 fully saturated rings. The first-order valence-electron chi connectivity index (χ1n) is 15.6. The molecule has 7 nitrogen and oxygen atoms in total. The van der Waals surface area contributed by atoms with Crippen LogP contribution in [0.25, 0.3) is 11.1 Å². The molecule has 1 aromatic heterocycles. The third-order valence-electron chi connectivity index (χ3n) is 9.19. The van der Waals surface area contributed by atoms with E-state index in [1.807, 2.05) is 18.2 Å². The van der Waals surface area contributed by atoms with Gasteiger partial charge in [-0.2, -0.15) is 5.10 Å². The van der Waals surface area contributed by atoms with E-state index < -0.39 is 24.0 Å². The highest BCUT2D eigenvalue weighted by molar-refractivity contribution is 6.31. The van der Waals surface area contributed by atoms with Crippen molar-refractivity contribution in [1.82, 2.24) is 14.7 Å². The molecular weight excluding hydrogens is 610 g/mol. The molecule has 2 saturated heterocycles. The molecule has 0 bridgehead atoms. The van der Waals surface area contributed by atoms with Gasteiger partial charge < -0.3 is 14.5 Å². The van der Waals surface area contributed by atoms with E-state index in [-0.39, 0.29) is 37.0 Å². The molecule has 0 N–H and O–H groups in total. The van der Waals surface area contributed by atoms with Gasteiger partial charge in [-0.1, -0.05) is 29.8 Å². The average molecular weight is 648 g/mol. The van der Waals surface area contributed by atoms with Crippen LogP contribution < -0.4 is 9.80 Å². The van der Waals surface area contributed by atoms with Gasteiger partial charge in [0.05, 0.1) is 18.8 Å². The predicted octanol–water partition coefficient (Wildman–Crippen LogP) is 7.33. The standard InChI is InChI=1S/C33H38ClF4N5O2/c1-2-45-32(44)28-19-39-43(30(28)31(35)36)26-4-3-11-42(21-26)29-16-24(34)7-10-27(29)23-5-8-25(9-6-23)41-14-12-40(13-15-41)20-22-17-33(37,38)18-22/h5-10,16,19,22,26,31H,2-4,11-15,17-18,20-21H2,1H3. The van der Waals surface area contributed by atoms with Crippen molar-refractivity contribution >= 4 is 28.9 Å². The zero-order valence-electron chi connectivity index (χ0n) is 25.3. The smallest absolute Gasteiger partial charge is 0.341 e. The fourth-order valence-corrected chi connectivity index (χ4v) is 7.12. The molecule has 1 atom stereocenters.